The minimum Gasteiger partial charge on any atom is -0.295 e. The third-order valence-corrected chi connectivity index (χ3v) is 13.6. The Bertz CT molecular complexity index is 4370. The van der Waals surface area contributed by atoms with E-state index in [1.165, 1.54) is 102 Å². The summed E-state index contributed by atoms with van der Waals surface area (Å²) in [6, 6.07) is 76.0. The third kappa shape index (κ3) is 4.88. The van der Waals surface area contributed by atoms with Gasteiger partial charge in [0.05, 0.1) is 11.0 Å². The Labute approximate surface area is 366 Å². The van der Waals surface area contributed by atoms with Gasteiger partial charge in [0, 0.05) is 34.2 Å². The van der Waals surface area contributed by atoms with Crippen molar-refractivity contribution < 1.29 is 0 Å². The molecule has 0 aliphatic heterocycles. The number of nitrogens with zero attached hydrogens (tertiary/aromatic N) is 4. The van der Waals surface area contributed by atoms with Crippen LogP contribution < -0.4 is 0 Å². The first kappa shape index (κ1) is 35.0. The van der Waals surface area contributed by atoms with Crippen molar-refractivity contribution >= 4 is 119 Å². The maximum atomic E-state index is 4.81. The molecule has 0 fully saturated rings. The molecule has 0 saturated heterocycles. The minimum atomic E-state index is 0.641. The van der Waals surface area contributed by atoms with Gasteiger partial charge in [-0.15, -0.1) is 0 Å². The maximum absolute atomic E-state index is 4.81. The standard InChI is InChI=1S/C60H36N4/c1-2-17-39-38(16-1)40-18-3-6-21-43(40)52-35-54-45-23-8-5-20-42(45)48-31-30-37(34-51(48)46-24-9-10-25-47(46)55(54)36-53(52)44-22-7-4-19-41(39)44)63-56-28-13-11-26-49(56)58-50-27-12-14-29-57(50)64(59(58)63)60-61-32-15-33-62-60/h1-36H. The largest absolute Gasteiger partial charge is 0.295 e. The smallest absolute Gasteiger partial charge is 0.235 e. The number of rotatable bonds is 2. The van der Waals surface area contributed by atoms with Crippen molar-refractivity contribution in [3.63, 3.8) is 0 Å². The molecule has 296 valence electrons. The zero-order chi connectivity index (χ0) is 41.9. The van der Waals surface area contributed by atoms with E-state index in [1.807, 2.05) is 18.5 Å². The Morgan fingerprint density at radius 3 is 0.969 bits per heavy atom. The molecule has 0 spiro atoms. The molecular weight excluding hydrogens is 777 g/mol. The molecule has 4 heteroatoms. The lowest BCUT2D eigenvalue weighted by molar-refractivity contribution is 0.958. The van der Waals surface area contributed by atoms with E-state index < -0.39 is 0 Å². The topological polar surface area (TPSA) is 35.6 Å². The van der Waals surface area contributed by atoms with Gasteiger partial charge in [-0.2, -0.15) is 0 Å². The fourth-order valence-electron chi connectivity index (χ4n) is 11.0. The summed E-state index contributed by atoms with van der Waals surface area (Å²) in [6.07, 6.45) is 3.65. The Morgan fingerprint density at radius 2 is 0.562 bits per heavy atom. The summed E-state index contributed by atoms with van der Waals surface area (Å²) >= 11 is 0. The summed E-state index contributed by atoms with van der Waals surface area (Å²) in [4.78, 5) is 9.63. The maximum Gasteiger partial charge on any atom is 0.235 e. The molecule has 0 aliphatic carbocycles. The number of para-hydroxylation sites is 2. The highest BCUT2D eigenvalue weighted by atomic mass is 15.2. The Balaban J connectivity index is 1.18. The Morgan fingerprint density at radius 1 is 0.250 bits per heavy atom. The van der Waals surface area contributed by atoms with Crippen molar-refractivity contribution in [1.29, 1.82) is 0 Å². The van der Waals surface area contributed by atoms with Gasteiger partial charge in [0.1, 0.15) is 5.65 Å². The third-order valence-electron chi connectivity index (χ3n) is 13.6. The molecule has 14 aromatic rings. The summed E-state index contributed by atoms with van der Waals surface area (Å²) in [5, 5.41) is 23.1. The highest BCUT2D eigenvalue weighted by Crippen LogP contribution is 2.44. The molecule has 0 atom stereocenters. The number of hydrogen-bond acceptors (Lipinski definition) is 2. The van der Waals surface area contributed by atoms with E-state index in [9.17, 15) is 0 Å². The van der Waals surface area contributed by atoms with Gasteiger partial charge in [0.2, 0.25) is 5.95 Å². The molecule has 4 nitrogen and oxygen atoms in total. The van der Waals surface area contributed by atoms with E-state index in [0.29, 0.717) is 5.95 Å². The van der Waals surface area contributed by atoms with Crippen molar-refractivity contribution in [3.8, 4) is 11.6 Å². The van der Waals surface area contributed by atoms with Crippen LogP contribution in [-0.4, -0.2) is 19.1 Å². The predicted molar refractivity (Wildman–Crippen MR) is 271 cm³/mol. The van der Waals surface area contributed by atoms with E-state index in [-0.39, 0.29) is 0 Å². The summed E-state index contributed by atoms with van der Waals surface area (Å²) < 4.78 is 4.64. The van der Waals surface area contributed by atoms with Gasteiger partial charge < -0.3 is 0 Å². The average Bonchev–Trinajstić information content (AvgIpc) is 3.88. The summed E-state index contributed by atoms with van der Waals surface area (Å²) in [7, 11) is 0. The molecule has 0 N–H and O–H groups in total. The summed E-state index contributed by atoms with van der Waals surface area (Å²) in [6.45, 7) is 0. The average molecular weight is 813 g/mol. The van der Waals surface area contributed by atoms with Crippen LogP contribution in [0.1, 0.15) is 0 Å². The number of aromatic nitrogens is 4. The van der Waals surface area contributed by atoms with Crippen LogP contribution in [0.15, 0.2) is 219 Å². The van der Waals surface area contributed by atoms with Gasteiger partial charge in [-0.1, -0.05) is 164 Å². The molecule has 0 aliphatic rings. The SMILES string of the molecule is c1cnc(-n2c3ccccc3c3c4ccccc4n(-c4ccc5c6ccccc6c6cc7c8ccccc8c8ccccc8c8ccccc8c7cc6c6ccccc6c5c4)c32)nc1. The van der Waals surface area contributed by atoms with E-state index in [1.54, 1.807) is 0 Å². The number of fused-ring (bicyclic) bond motifs is 21. The van der Waals surface area contributed by atoms with Crippen LogP contribution in [0.2, 0.25) is 0 Å². The second-order valence-corrected chi connectivity index (χ2v) is 16.9. The van der Waals surface area contributed by atoms with Crippen molar-refractivity contribution in [2.75, 3.05) is 0 Å². The predicted octanol–water partition coefficient (Wildman–Crippen LogP) is 15.9. The van der Waals surface area contributed by atoms with Crippen molar-refractivity contribution in [2.45, 2.75) is 0 Å². The molecule has 0 bridgehead atoms. The molecule has 0 amide bonds. The van der Waals surface area contributed by atoms with Gasteiger partial charge >= 0.3 is 0 Å². The molecule has 14 rings (SSSR count). The quantitative estimate of drug-likeness (QED) is 0.174. The monoisotopic (exact) mass is 812 g/mol. The number of hydrogen-bond donors (Lipinski definition) is 0. The van der Waals surface area contributed by atoms with E-state index in [0.717, 1.165) is 22.4 Å². The van der Waals surface area contributed by atoms with E-state index in [4.69, 9.17) is 9.97 Å². The molecular formula is C60H36N4. The molecule has 64 heavy (non-hydrogen) atoms. The second-order valence-electron chi connectivity index (χ2n) is 16.9. The minimum absolute atomic E-state index is 0.641. The van der Waals surface area contributed by atoms with Gasteiger partial charge in [0.15, 0.2) is 0 Å². The zero-order valence-electron chi connectivity index (χ0n) is 34.6. The highest BCUT2D eigenvalue weighted by Gasteiger charge is 2.23. The highest BCUT2D eigenvalue weighted by molar-refractivity contribution is 6.32. The van der Waals surface area contributed by atoms with Crippen LogP contribution in [0, 0.1) is 0 Å². The molecule has 3 aromatic heterocycles. The van der Waals surface area contributed by atoms with Gasteiger partial charge in [-0.3, -0.25) is 9.13 Å². The molecule has 3 heterocycles. The normalized spacial score (nSPS) is 12.1. The van der Waals surface area contributed by atoms with Gasteiger partial charge in [-0.25, -0.2) is 9.97 Å². The first-order chi connectivity index (χ1) is 31.8. The van der Waals surface area contributed by atoms with Crippen LogP contribution in [0.3, 0.4) is 0 Å². The lowest BCUT2D eigenvalue weighted by atomic mass is 9.90. The molecule has 0 unspecified atom stereocenters. The van der Waals surface area contributed by atoms with Crippen LogP contribution >= 0.6 is 0 Å². The summed E-state index contributed by atoms with van der Waals surface area (Å²) in [5.74, 6) is 0.641. The first-order valence-corrected chi connectivity index (χ1v) is 21.9. The lowest BCUT2D eigenvalue weighted by Crippen LogP contribution is -2.04. The van der Waals surface area contributed by atoms with Crippen molar-refractivity contribution in [3.05, 3.63) is 219 Å². The second kappa shape index (κ2) is 13.4. The van der Waals surface area contributed by atoms with Crippen LogP contribution in [0.5, 0.6) is 0 Å². The van der Waals surface area contributed by atoms with Crippen LogP contribution in [0.4, 0.5) is 0 Å². The van der Waals surface area contributed by atoms with E-state index in [2.05, 4.69) is 209 Å². The molecule has 11 aromatic carbocycles. The van der Waals surface area contributed by atoms with Crippen molar-refractivity contribution in [2.24, 2.45) is 0 Å². The Hall–Kier alpha value is -8.60. The molecule has 0 saturated carbocycles. The fourth-order valence-corrected chi connectivity index (χ4v) is 11.0. The molecule has 0 radical (unpaired) electrons. The fraction of sp³-hybridized carbons (Fsp3) is 0. The lowest BCUT2D eigenvalue weighted by Gasteiger charge is -2.15. The Kier molecular flexibility index (Phi) is 7.36. The number of benzene rings is 9. The summed E-state index contributed by atoms with van der Waals surface area (Å²) in [5.41, 5.74) is 4.31. The van der Waals surface area contributed by atoms with Crippen LogP contribution in [-0.2, 0) is 0 Å². The van der Waals surface area contributed by atoms with Gasteiger partial charge in [0.25, 0.3) is 0 Å². The van der Waals surface area contributed by atoms with Crippen LogP contribution in [0.25, 0.3) is 131 Å². The first-order valence-electron chi connectivity index (χ1n) is 21.9. The van der Waals surface area contributed by atoms with E-state index >= 15 is 0 Å². The zero-order valence-corrected chi connectivity index (χ0v) is 34.6. The van der Waals surface area contributed by atoms with Gasteiger partial charge in [-0.05, 0) is 129 Å². The van der Waals surface area contributed by atoms with Crippen molar-refractivity contribution in [1.82, 2.24) is 19.1 Å².